The predicted octanol–water partition coefficient (Wildman–Crippen LogP) is 4.14. The van der Waals surface area contributed by atoms with Gasteiger partial charge in [-0.15, -0.1) is 0 Å². The van der Waals surface area contributed by atoms with Gasteiger partial charge in [-0.1, -0.05) is 36.4 Å². The van der Waals surface area contributed by atoms with Crippen LogP contribution in [0.4, 0.5) is 0 Å². The lowest BCUT2D eigenvalue weighted by atomic mass is 10.1. The van der Waals surface area contributed by atoms with Crippen molar-refractivity contribution >= 4 is 0 Å². The Kier molecular flexibility index (Phi) is 4.91. The second kappa shape index (κ2) is 7.11. The molecule has 0 aliphatic carbocycles. The lowest BCUT2D eigenvalue weighted by Crippen LogP contribution is -2.18. The molecule has 3 rings (SSSR count). The van der Waals surface area contributed by atoms with Gasteiger partial charge in [-0.2, -0.15) is 5.10 Å². The average Bonchev–Trinajstić information content (AvgIpc) is 2.85. The van der Waals surface area contributed by atoms with Gasteiger partial charge in [0.05, 0.1) is 11.4 Å². The minimum Gasteiger partial charge on any atom is -0.508 e. The van der Waals surface area contributed by atoms with Gasteiger partial charge in [-0.05, 0) is 45.5 Å². The molecule has 3 aromatic rings. The van der Waals surface area contributed by atoms with Crippen LogP contribution in [0, 0.1) is 20.8 Å². The minimum absolute atomic E-state index is 0.346. The molecule has 0 spiro atoms. The number of phenols is 1. The molecule has 0 aliphatic rings. The van der Waals surface area contributed by atoms with Crippen LogP contribution in [0.2, 0.25) is 0 Å². The molecule has 0 aliphatic heterocycles. The van der Waals surface area contributed by atoms with E-state index in [1.807, 2.05) is 35.0 Å². The standard InChI is InChI=1S/C21H25N3O/c1-15-9-5-7-11-20(15)24-17(3)19(16(2)22-24)14-23(4)13-18-10-6-8-12-21(18)25/h5-12,25H,13-14H2,1-4H3. The smallest absolute Gasteiger partial charge is 0.120 e. The van der Waals surface area contributed by atoms with Crippen LogP contribution in [0.15, 0.2) is 48.5 Å². The summed E-state index contributed by atoms with van der Waals surface area (Å²) in [6.07, 6.45) is 0. The fourth-order valence-electron chi connectivity index (χ4n) is 3.20. The Morgan fingerprint density at radius 2 is 1.64 bits per heavy atom. The molecule has 0 fully saturated rings. The summed E-state index contributed by atoms with van der Waals surface area (Å²) in [6, 6.07) is 15.8. The van der Waals surface area contributed by atoms with Crippen LogP contribution < -0.4 is 0 Å². The highest BCUT2D eigenvalue weighted by atomic mass is 16.3. The summed E-state index contributed by atoms with van der Waals surface area (Å²) in [5.74, 6) is 0.346. The van der Waals surface area contributed by atoms with E-state index in [0.717, 1.165) is 29.2 Å². The van der Waals surface area contributed by atoms with Crippen LogP contribution in [0.1, 0.15) is 28.1 Å². The number of phenolic OH excluding ortho intramolecular Hbond substituents is 1. The van der Waals surface area contributed by atoms with Crippen molar-refractivity contribution in [1.29, 1.82) is 0 Å². The van der Waals surface area contributed by atoms with Gasteiger partial charge < -0.3 is 5.11 Å². The summed E-state index contributed by atoms with van der Waals surface area (Å²) < 4.78 is 2.04. The largest absolute Gasteiger partial charge is 0.508 e. The Balaban J connectivity index is 1.84. The number of aryl methyl sites for hydroxylation is 2. The van der Waals surface area contributed by atoms with E-state index in [1.54, 1.807) is 6.07 Å². The van der Waals surface area contributed by atoms with Crippen molar-refractivity contribution in [2.24, 2.45) is 0 Å². The molecule has 4 heteroatoms. The molecule has 25 heavy (non-hydrogen) atoms. The minimum atomic E-state index is 0.346. The van der Waals surface area contributed by atoms with E-state index in [2.05, 4.69) is 44.9 Å². The van der Waals surface area contributed by atoms with E-state index < -0.39 is 0 Å². The van der Waals surface area contributed by atoms with Crippen LogP contribution in [0.25, 0.3) is 5.69 Å². The third-order valence-corrected chi connectivity index (χ3v) is 4.64. The second-order valence-corrected chi connectivity index (χ2v) is 6.65. The monoisotopic (exact) mass is 335 g/mol. The predicted molar refractivity (Wildman–Crippen MR) is 101 cm³/mol. The molecule has 0 atom stereocenters. The van der Waals surface area contributed by atoms with E-state index in [1.165, 1.54) is 11.1 Å². The Morgan fingerprint density at radius 3 is 2.36 bits per heavy atom. The van der Waals surface area contributed by atoms with E-state index in [-0.39, 0.29) is 0 Å². The quantitative estimate of drug-likeness (QED) is 0.762. The molecule has 0 bridgehead atoms. The molecule has 1 N–H and O–H groups in total. The molecule has 130 valence electrons. The summed E-state index contributed by atoms with van der Waals surface area (Å²) >= 11 is 0. The van der Waals surface area contributed by atoms with E-state index >= 15 is 0 Å². The van der Waals surface area contributed by atoms with E-state index in [0.29, 0.717) is 12.3 Å². The van der Waals surface area contributed by atoms with Crippen LogP contribution in [0.3, 0.4) is 0 Å². The molecule has 0 saturated carbocycles. The first-order chi connectivity index (χ1) is 12.0. The second-order valence-electron chi connectivity index (χ2n) is 6.65. The van der Waals surface area contributed by atoms with Crippen LogP contribution in [-0.4, -0.2) is 26.8 Å². The lowest BCUT2D eigenvalue weighted by molar-refractivity contribution is 0.311. The van der Waals surface area contributed by atoms with Crippen molar-refractivity contribution in [3.8, 4) is 11.4 Å². The van der Waals surface area contributed by atoms with Gasteiger partial charge in [0.25, 0.3) is 0 Å². The highest BCUT2D eigenvalue weighted by molar-refractivity contribution is 5.43. The number of aromatic hydroxyl groups is 1. The maximum Gasteiger partial charge on any atom is 0.120 e. The van der Waals surface area contributed by atoms with Crippen molar-refractivity contribution in [3.63, 3.8) is 0 Å². The van der Waals surface area contributed by atoms with Gasteiger partial charge in [0.15, 0.2) is 0 Å². The first-order valence-corrected chi connectivity index (χ1v) is 8.54. The van der Waals surface area contributed by atoms with Crippen molar-refractivity contribution in [1.82, 2.24) is 14.7 Å². The lowest BCUT2D eigenvalue weighted by Gasteiger charge is -2.18. The molecule has 0 unspecified atom stereocenters. The average molecular weight is 335 g/mol. The van der Waals surface area contributed by atoms with Crippen LogP contribution in [0.5, 0.6) is 5.75 Å². The van der Waals surface area contributed by atoms with Crippen LogP contribution in [-0.2, 0) is 13.1 Å². The normalized spacial score (nSPS) is 11.2. The number of para-hydroxylation sites is 2. The zero-order chi connectivity index (χ0) is 18.0. The fraction of sp³-hybridized carbons (Fsp3) is 0.286. The molecule has 1 aromatic heterocycles. The number of rotatable bonds is 5. The van der Waals surface area contributed by atoms with Crippen molar-refractivity contribution in [2.75, 3.05) is 7.05 Å². The van der Waals surface area contributed by atoms with Crippen molar-refractivity contribution in [3.05, 3.63) is 76.6 Å². The van der Waals surface area contributed by atoms with E-state index in [4.69, 9.17) is 5.10 Å². The number of hydrogen-bond donors (Lipinski definition) is 1. The van der Waals surface area contributed by atoms with Gasteiger partial charge in [-0.3, -0.25) is 4.90 Å². The molecule has 0 amide bonds. The molecule has 0 radical (unpaired) electrons. The maximum absolute atomic E-state index is 9.97. The van der Waals surface area contributed by atoms with Gasteiger partial charge >= 0.3 is 0 Å². The molecule has 4 nitrogen and oxygen atoms in total. The first kappa shape index (κ1) is 17.2. The molecular formula is C21H25N3O. The summed E-state index contributed by atoms with van der Waals surface area (Å²) in [7, 11) is 2.07. The third-order valence-electron chi connectivity index (χ3n) is 4.64. The Hall–Kier alpha value is -2.59. The Labute approximate surface area is 149 Å². The van der Waals surface area contributed by atoms with Gasteiger partial charge in [0, 0.05) is 29.9 Å². The Bertz CT molecular complexity index is 883. The fourth-order valence-corrected chi connectivity index (χ4v) is 3.20. The van der Waals surface area contributed by atoms with Gasteiger partial charge in [-0.25, -0.2) is 4.68 Å². The molecule has 1 heterocycles. The molecule has 2 aromatic carbocycles. The highest BCUT2D eigenvalue weighted by Crippen LogP contribution is 2.23. The topological polar surface area (TPSA) is 41.3 Å². The van der Waals surface area contributed by atoms with Crippen molar-refractivity contribution < 1.29 is 5.11 Å². The highest BCUT2D eigenvalue weighted by Gasteiger charge is 2.16. The molecule has 0 saturated heterocycles. The van der Waals surface area contributed by atoms with Gasteiger partial charge in [0.2, 0.25) is 0 Å². The molecular weight excluding hydrogens is 310 g/mol. The SMILES string of the molecule is Cc1ccccc1-n1nc(C)c(CN(C)Cc2ccccc2O)c1C. The maximum atomic E-state index is 9.97. The summed E-state index contributed by atoms with van der Waals surface area (Å²) in [4.78, 5) is 2.20. The first-order valence-electron chi connectivity index (χ1n) is 8.54. The zero-order valence-electron chi connectivity index (χ0n) is 15.3. The number of nitrogens with zero attached hydrogens (tertiary/aromatic N) is 3. The zero-order valence-corrected chi connectivity index (χ0v) is 15.3. The number of aromatic nitrogens is 2. The van der Waals surface area contributed by atoms with Crippen LogP contribution >= 0.6 is 0 Å². The summed E-state index contributed by atoms with van der Waals surface area (Å²) in [5, 5.41) is 14.7. The van der Waals surface area contributed by atoms with Gasteiger partial charge in [0.1, 0.15) is 5.75 Å². The van der Waals surface area contributed by atoms with E-state index in [9.17, 15) is 5.11 Å². The number of hydrogen-bond acceptors (Lipinski definition) is 3. The summed E-state index contributed by atoms with van der Waals surface area (Å²) in [6.45, 7) is 7.77. The third kappa shape index (κ3) is 3.59. The Morgan fingerprint density at radius 1 is 0.960 bits per heavy atom. The van der Waals surface area contributed by atoms with Crippen molar-refractivity contribution in [2.45, 2.75) is 33.9 Å². The number of benzene rings is 2. The summed E-state index contributed by atoms with van der Waals surface area (Å²) in [5.41, 5.74) is 6.72.